The number of carbonyl (C=O) groups is 1. The van der Waals surface area contributed by atoms with Gasteiger partial charge in [0, 0.05) is 11.1 Å². The highest BCUT2D eigenvalue weighted by Crippen LogP contribution is 2.24. The fourth-order valence-corrected chi connectivity index (χ4v) is 2.30. The number of methoxy groups -OCH3 is 1. The summed E-state index contributed by atoms with van der Waals surface area (Å²) < 4.78 is 5.33. The lowest BCUT2D eigenvalue weighted by atomic mass is 9.87. The van der Waals surface area contributed by atoms with Crippen LogP contribution in [0.3, 0.4) is 0 Å². The largest absolute Gasteiger partial charge is 0.496 e. The lowest BCUT2D eigenvalue weighted by Crippen LogP contribution is -2.11. The third-order valence-electron chi connectivity index (χ3n) is 3.75. The first-order valence-electron chi connectivity index (χ1n) is 7.58. The van der Waals surface area contributed by atoms with Gasteiger partial charge < -0.3 is 10.5 Å². The fraction of sp³-hybridized carbons (Fsp3) is 0.250. The van der Waals surface area contributed by atoms with Crippen molar-refractivity contribution in [2.75, 3.05) is 7.11 Å². The van der Waals surface area contributed by atoms with E-state index in [9.17, 15) is 4.79 Å². The summed E-state index contributed by atoms with van der Waals surface area (Å²) in [5, 5.41) is 0. The van der Waals surface area contributed by atoms with Crippen molar-refractivity contribution in [3.63, 3.8) is 0 Å². The zero-order chi connectivity index (χ0) is 17.0. The van der Waals surface area contributed by atoms with Crippen LogP contribution >= 0.6 is 0 Å². The summed E-state index contributed by atoms with van der Waals surface area (Å²) in [5.41, 5.74) is 9.15. The van der Waals surface area contributed by atoms with Crippen LogP contribution in [0.2, 0.25) is 0 Å². The Morgan fingerprint density at radius 1 is 1.04 bits per heavy atom. The molecule has 120 valence electrons. The van der Waals surface area contributed by atoms with E-state index in [0.717, 1.165) is 11.1 Å². The Morgan fingerprint density at radius 3 is 2.22 bits per heavy atom. The first-order valence-corrected chi connectivity index (χ1v) is 7.58. The predicted octanol–water partition coefficient (Wildman–Crippen LogP) is 4.26. The maximum atomic E-state index is 11.3. The molecule has 0 saturated heterocycles. The summed E-state index contributed by atoms with van der Waals surface area (Å²) in [6.07, 6.45) is 3.92. The summed E-state index contributed by atoms with van der Waals surface area (Å²) in [6.45, 7) is 6.58. The number of carbonyl (C=O) groups excluding carboxylic acids is 1. The molecule has 0 aliphatic rings. The molecule has 0 heterocycles. The highest BCUT2D eigenvalue weighted by atomic mass is 16.5. The standard InChI is InChI=1S/C20H23NO2/c1-20(2,3)17-10-6-14(7-11-17)5-8-15-13-16(19(21)22)9-12-18(15)23-4/h5-13H,1-4H3,(H2,21,22)/b8-5+. The molecular weight excluding hydrogens is 286 g/mol. The minimum absolute atomic E-state index is 0.140. The molecule has 1 amide bonds. The van der Waals surface area contributed by atoms with Gasteiger partial charge in [0.2, 0.25) is 5.91 Å². The van der Waals surface area contributed by atoms with Gasteiger partial charge in [-0.1, -0.05) is 57.2 Å². The van der Waals surface area contributed by atoms with E-state index < -0.39 is 5.91 Å². The lowest BCUT2D eigenvalue weighted by molar-refractivity contribution is 0.1000. The molecule has 0 aliphatic heterocycles. The first kappa shape index (κ1) is 16.8. The molecule has 0 unspecified atom stereocenters. The summed E-state index contributed by atoms with van der Waals surface area (Å²) in [6, 6.07) is 13.6. The summed E-state index contributed by atoms with van der Waals surface area (Å²) in [4.78, 5) is 11.3. The Morgan fingerprint density at radius 2 is 1.70 bits per heavy atom. The van der Waals surface area contributed by atoms with Gasteiger partial charge in [-0.05, 0) is 34.7 Å². The number of rotatable bonds is 4. The van der Waals surface area contributed by atoms with Crippen molar-refractivity contribution < 1.29 is 9.53 Å². The van der Waals surface area contributed by atoms with Gasteiger partial charge in [-0.25, -0.2) is 0 Å². The number of hydrogen-bond acceptors (Lipinski definition) is 2. The van der Waals surface area contributed by atoms with E-state index in [1.165, 1.54) is 5.56 Å². The van der Waals surface area contributed by atoms with E-state index in [0.29, 0.717) is 11.3 Å². The minimum atomic E-state index is -0.447. The van der Waals surface area contributed by atoms with Crippen molar-refractivity contribution in [3.05, 3.63) is 64.7 Å². The molecule has 2 aromatic carbocycles. The Balaban J connectivity index is 2.29. The quantitative estimate of drug-likeness (QED) is 0.858. The van der Waals surface area contributed by atoms with Gasteiger partial charge in [0.15, 0.2) is 0 Å². The molecule has 0 fully saturated rings. The van der Waals surface area contributed by atoms with Crippen molar-refractivity contribution in [2.45, 2.75) is 26.2 Å². The van der Waals surface area contributed by atoms with Crippen LogP contribution in [-0.4, -0.2) is 13.0 Å². The molecule has 0 radical (unpaired) electrons. The van der Waals surface area contributed by atoms with Gasteiger partial charge in [0.25, 0.3) is 0 Å². The number of nitrogens with two attached hydrogens (primary N) is 1. The molecule has 0 saturated carbocycles. The van der Waals surface area contributed by atoms with E-state index in [1.54, 1.807) is 25.3 Å². The Bertz CT molecular complexity index is 722. The van der Waals surface area contributed by atoms with E-state index >= 15 is 0 Å². The number of primary amides is 1. The Labute approximate surface area is 137 Å². The van der Waals surface area contributed by atoms with Crippen molar-refractivity contribution in [1.29, 1.82) is 0 Å². The van der Waals surface area contributed by atoms with Gasteiger partial charge in [0.05, 0.1) is 7.11 Å². The molecule has 23 heavy (non-hydrogen) atoms. The molecule has 0 spiro atoms. The van der Waals surface area contributed by atoms with Crippen molar-refractivity contribution in [2.24, 2.45) is 5.73 Å². The second-order valence-corrected chi connectivity index (χ2v) is 6.53. The van der Waals surface area contributed by atoms with Crippen LogP contribution in [0.25, 0.3) is 12.2 Å². The van der Waals surface area contributed by atoms with Crippen LogP contribution in [0.5, 0.6) is 5.75 Å². The number of amides is 1. The number of benzene rings is 2. The monoisotopic (exact) mass is 309 g/mol. The third-order valence-corrected chi connectivity index (χ3v) is 3.75. The average Bonchev–Trinajstić information content (AvgIpc) is 2.52. The van der Waals surface area contributed by atoms with Gasteiger partial charge in [0.1, 0.15) is 5.75 Å². The van der Waals surface area contributed by atoms with Crippen LogP contribution in [0.4, 0.5) is 0 Å². The van der Waals surface area contributed by atoms with E-state index in [4.69, 9.17) is 10.5 Å². The first-order chi connectivity index (χ1) is 10.8. The Hall–Kier alpha value is -2.55. The van der Waals surface area contributed by atoms with Gasteiger partial charge in [-0.3, -0.25) is 4.79 Å². The molecule has 0 aliphatic carbocycles. The second kappa shape index (κ2) is 6.69. The number of ether oxygens (including phenoxy) is 1. The molecule has 3 heteroatoms. The van der Waals surface area contributed by atoms with E-state index in [1.807, 2.05) is 12.2 Å². The molecule has 0 atom stereocenters. The van der Waals surface area contributed by atoms with E-state index in [2.05, 4.69) is 45.0 Å². The van der Waals surface area contributed by atoms with Crippen LogP contribution in [0, 0.1) is 0 Å². The van der Waals surface area contributed by atoms with Crippen LogP contribution in [0.15, 0.2) is 42.5 Å². The van der Waals surface area contributed by atoms with Gasteiger partial charge >= 0.3 is 0 Å². The number of hydrogen-bond donors (Lipinski definition) is 1. The molecule has 0 bridgehead atoms. The van der Waals surface area contributed by atoms with Crippen LogP contribution in [-0.2, 0) is 5.41 Å². The highest BCUT2D eigenvalue weighted by Gasteiger charge is 2.12. The van der Waals surface area contributed by atoms with Crippen molar-refractivity contribution >= 4 is 18.1 Å². The van der Waals surface area contributed by atoms with E-state index in [-0.39, 0.29) is 5.41 Å². The topological polar surface area (TPSA) is 52.3 Å². The van der Waals surface area contributed by atoms with Gasteiger partial charge in [-0.2, -0.15) is 0 Å². The summed E-state index contributed by atoms with van der Waals surface area (Å²) in [7, 11) is 1.61. The molecule has 3 nitrogen and oxygen atoms in total. The maximum Gasteiger partial charge on any atom is 0.248 e. The summed E-state index contributed by atoms with van der Waals surface area (Å²) in [5.74, 6) is 0.259. The van der Waals surface area contributed by atoms with Crippen molar-refractivity contribution in [3.8, 4) is 5.75 Å². The maximum absolute atomic E-state index is 11.3. The van der Waals surface area contributed by atoms with Crippen molar-refractivity contribution in [1.82, 2.24) is 0 Å². The molecule has 2 N–H and O–H groups in total. The normalized spacial score (nSPS) is 11.7. The highest BCUT2D eigenvalue weighted by molar-refractivity contribution is 5.94. The molecule has 0 aromatic heterocycles. The SMILES string of the molecule is COc1ccc(C(N)=O)cc1/C=C/c1ccc(C(C)(C)C)cc1. The second-order valence-electron chi connectivity index (χ2n) is 6.53. The average molecular weight is 309 g/mol. The smallest absolute Gasteiger partial charge is 0.248 e. The zero-order valence-corrected chi connectivity index (χ0v) is 14.1. The predicted molar refractivity (Wildman–Crippen MR) is 95.6 cm³/mol. The lowest BCUT2D eigenvalue weighted by Gasteiger charge is -2.18. The molecular formula is C20H23NO2. The summed E-state index contributed by atoms with van der Waals surface area (Å²) >= 11 is 0. The molecule has 2 aromatic rings. The molecule has 2 rings (SSSR count). The minimum Gasteiger partial charge on any atom is -0.496 e. The van der Waals surface area contributed by atoms with Crippen LogP contribution < -0.4 is 10.5 Å². The fourth-order valence-electron chi connectivity index (χ4n) is 2.30. The van der Waals surface area contributed by atoms with Crippen LogP contribution in [0.1, 0.15) is 47.8 Å². The Kier molecular flexibility index (Phi) is 4.89. The zero-order valence-electron chi connectivity index (χ0n) is 14.1. The van der Waals surface area contributed by atoms with Gasteiger partial charge in [-0.15, -0.1) is 0 Å². The third kappa shape index (κ3) is 4.22.